The second kappa shape index (κ2) is 7.73. The number of hydrogen-bond acceptors (Lipinski definition) is 4. The zero-order valence-corrected chi connectivity index (χ0v) is 14.1. The van der Waals surface area contributed by atoms with E-state index in [-0.39, 0.29) is 18.1 Å². The Morgan fingerprint density at radius 3 is 2.65 bits per heavy atom. The highest BCUT2D eigenvalue weighted by atomic mass is 79.9. The van der Waals surface area contributed by atoms with Gasteiger partial charge in [0.15, 0.2) is 0 Å². The number of para-hydroxylation sites is 1. The van der Waals surface area contributed by atoms with Crippen molar-refractivity contribution in [2.24, 2.45) is 0 Å². The van der Waals surface area contributed by atoms with Gasteiger partial charge in [-0.05, 0) is 30.2 Å². The number of rotatable bonds is 6. The first-order valence-corrected chi connectivity index (χ1v) is 7.86. The summed E-state index contributed by atoms with van der Waals surface area (Å²) in [6.07, 6.45) is 0.808. The van der Waals surface area contributed by atoms with Crippen LogP contribution in [-0.2, 0) is 11.2 Å². The van der Waals surface area contributed by atoms with Crippen LogP contribution in [0.1, 0.15) is 12.5 Å². The Kier molecular flexibility index (Phi) is 5.70. The van der Waals surface area contributed by atoms with Crippen molar-refractivity contribution in [3.63, 3.8) is 0 Å². The van der Waals surface area contributed by atoms with Crippen LogP contribution in [0.3, 0.4) is 0 Å². The number of carbonyl (C=O) groups is 1. The van der Waals surface area contributed by atoms with Crippen molar-refractivity contribution in [2.75, 3.05) is 17.2 Å². The molecule has 0 heterocycles. The Bertz CT molecular complexity index is 734. The van der Waals surface area contributed by atoms with E-state index in [1.54, 1.807) is 12.1 Å². The van der Waals surface area contributed by atoms with Crippen LogP contribution in [-0.4, -0.2) is 17.4 Å². The van der Waals surface area contributed by atoms with Crippen LogP contribution in [0.5, 0.6) is 0 Å². The smallest absolute Gasteiger partial charge is 0.293 e. The molecule has 0 aliphatic carbocycles. The van der Waals surface area contributed by atoms with Crippen LogP contribution in [0, 0.1) is 10.1 Å². The number of aryl methyl sites for hydroxylation is 1. The van der Waals surface area contributed by atoms with Gasteiger partial charge in [-0.1, -0.05) is 41.1 Å². The van der Waals surface area contributed by atoms with Gasteiger partial charge in [0.05, 0.1) is 11.5 Å². The highest BCUT2D eigenvalue weighted by molar-refractivity contribution is 9.10. The molecular weight excluding hydrogens is 362 g/mol. The van der Waals surface area contributed by atoms with Crippen molar-refractivity contribution in [3.8, 4) is 0 Å². The maximum Gasteiger partial charge on any atom is 0.293 e. The molecule has 2 aromatic carbocycles. The van der Waals surface area contributed by atoms with Crippen molar-refractivity contribution in [1.82, 2.24) is 0 Å². The lowest BCUT2D eigenvalue weighted by Gasteiger charge is -2.11. The third kappa shape index (κ3) is 4.53. The van der Waals surface area contributed by atoms with Crippen LogP contribution in [0.2, 0.25) is 0 Å². The van der Waals surface area contributed by atoms with Crippen LogP contribution in [0.15, 0.2) is 46.9 Å². The van der Waals surface area contributed by atoms with Gasteiger partial charge in [0, 0.05) is 16.2 Å². The molecule has 0 radical (unpaired) electrons. The predicted octanol–water partition coefficient (Wildman–Crippen LogP) is 3.97. The maximum atomic E-state index is 12.0. The summed E-state index contributed by atoms with van der Waals surface area (Å²) < 4.78 is 0.607. The average molecular weight is 378 g/mol. The number of anilines is 2. The molecule has 2 aromatic rings. The second-order valence-corrected chi connectivity index (χ2v) is 5.75. The molecule has 0 saturated heterocycles. The first kappa shape index (κ1) is 17.0. The zero-order valence-electron chi connectivity index (χ0n) is 12.5. The van der Waals surface area contributed by atoms with E-state index in [0.717, 1.165) is 17.7 Å². The maximum absolute atomic E-state index is 12.0. The Morgan fingerprint density at radius 1 is 1.22 bits per heavy atom. The van der Waals surface area contributed by atoms with Crippen LogP contribution >= 0.6 is 15.9 Å². The molecule has 0 unspecified atom stereocenters. The summed E-state index contributed by atoms with van der Waals surface area (Å²) in [7, 11) is 0. The zero-order chi connectivity index (χ0) is 16.8. The Hall–Kier alpha value is -2.41. The molecule has 0 spiro atoms. The summed E-state index contributed by atoms with van der Waals surface area (Å²) in [5.74, 6) is -0.261. The molecule has 0 atom stereocenters. The summed E-state index contributed by atoms with van der Waals surface area (Å²) in [6.45, 7) is 1.95. The molecule has 0 aromatic heterocycles. The molecule has 2 rings (SSSR count). The van der Waals surface area contributed by atoms with Crippen molar-refractivity contribution in [3.05, 3.63) is 62.6 Å². The lowest BCUT2D eigenvalue weighted by molar-refractivity contribution is -0.384. The summed E-state index contributed by atoms with van der Waals surface area (Å²) in [4.78, 5) is 22.6. The number of halogens is 1. The Labute approximate surface area is 142 Å². The van der Waals surface area contributed by atoms with Gasteiger partial charge >= 0.3 is 0 Å². The standard InChI is InChI=1S/C16H16BrN3O3/c1-2-11-5-3-4-6-13(11)19-16(21)10-18-14-8-7-12(17)9-15(14)20(22)23/h3-9,18H,2,10H2,1H3,(H,19,21). The topological polar surface area (TPSA) is 84.3 Å². The van der Waals surface area contributed by atoms with Crippen LogP contribution < -0.4 is 10.6 Å². The summed E-state index contributed by atoms with van der Waals surface area (Å²) in [5.41, 5.74) is 2.01. The molecule has 0 aliphatic heterocycles. The number of nitrogens with zero attached hydrogens (tertiary/aromatic N) is 1. The molecule has 0 fully saturated rings. The SMILES string of the molecule is CCc1ccccc1NC(=O)CNc1ccc(Br)cc1[N+](=O)[O-]. The van der Waals surface area contributed by atoms with E-state index in [9.17, 15) is 14.9 Å². The molecule has 0 aliphatic rings. The molecule has 1 amide bonds. The Morgan fingerprint density at radius 2 is 1.96 bits per heavy atom. The number of amides is 1. The molecule has 7 heteroatoms. The van der Waals surface area contributed by atoms with Gasteiger partial charge in [0.2, 0.25) is 5.91 Å². The monoisotopic (exact) mass is 377 g/mol. The number of nitrogens with one attached hydrogen (secondary N) is 2. The molecule has 0 bridgehead atoms. The highest BCUT2D eigenvalue weighted by Crippen LogP contribution is 2.27. The normalized spacial score (nSPS) is 10.2. The quantitative estimate of drug-likeness (QED) is 0.589. The third-order valence-corrected chi connectivity index (χ3v) is 3.76. The van der Waals surface area contributed by atoms with Crippen molar-refractivity contribution < 1.29 is 9.72 Å². The lowest BCUT2D eigenvalue weighted by atomic mass is 10.1. The Balaban J connectivity index is 2.04. The number of hydrogen-bond donors (Lipinski definition) is 2. The fourth-order valence-corrected chi connectivity index (χ4v) is 2.47. The van der Waals surface area contributed by atoms with Crippen molar-refractivity contribution in [1.29, 1.82) is 0 Å². The fraction of sp³-hybridized carbons (Fsp3) is 0.188. The van der Waals surface area contributed by atoms with Crippen LogP contribution in [0.25, 0.3) is 0 Å². The van der Waals surface area contributed by atoms with E-state index in [4.69, 9.17) is 0 Å². The molecule has 0 saturated carbocycles. The first-order valence-electron chi connectivity index (χ1n) is 7.07. The van der Waals surface area contributed by atoms with E-state index >= 15 is 0 Å². The summed E-state index contributed by atoms with van der Waals surface area (Å²) in [5, 5.41) is 16.7. The average Bonchev–Trinajstić information content (AvgIpc) is 2.54. The van der Waals surface area contributed by atoms with Gasteiger partial charge in [-0.25, -0.2) is 0 Å². The molecular formula is C16H16BrN3O3. The fourth-order valence-electron chi connectivity index (χ4n) is 2.13. The van der Waals surface area contributed by atoms with E-state index in [1.165, 1.54) is 6.07 Å². The third-order valence-electron chi connectivity index (χ3n) is 3.27. The van der Waals surface area contributed by atoms with E-state index in [1.807, 2.05) is 31.2 Å². The van der Waals surface area contributed by atoms with Crippen LogP contribution in [0.4, 0.5) is 17.1 Å². The number of benzene rings is 2. The van der Waals surface area contributed by atoms with Gasteiger partial charge in [0.1, 0.15) is 5.69 Å². The van der Waals surface area contributed by atoms with Gasteiger partial charge in [0.25, 0.3) is 5.69 Å². The first-order chi connectivity index (χ1) is 11.0. The highest BCUT2D eigenvalue weighted by Gasteiger charge is 2.15. The summed E-state index contributed by atoms with van der Waals surface area (Å²) in [6, 6.07) is 12.2. The second-order valence-electron chi connectivity index (χ2n) is 4.83. The van der Waals surface area contributed by atoms with Gasteiger partial charge < -0.3 is 10.6 Å². The number of nitro groups is 1. The van der Waals surface area contributed by atoms with E-state index in [2.05, 4.69) is 26.6 Å². The minimum atomic E-state index is -0.489. The van der Waals surface area contributed by atoms with Crippen molar-refractivity contribution in [2.45, 2.75) is 13.3 Å². The molecule has 6 nitrogen and oxygen atoms in total. The van der Waals surface area contributed by atoms with Crippen molar-refractivity contribution >= 4 is 38.9 Å². The van der Waals surface area contributed by atoms with E-state index in [0.29, 0.717) is 10.2 Å². The minimum Gasteiger partial charge on any atom is -0.371 e. The summed E-state index contributed by atoms with van der Waals surface area (Å²) >= 11 is 3.19. The minimum absolute atomic E-state index is 0.0550. The van der Waals surface area contributed by atoms with Gasteiger partial charge in [-0.15, -0.1) is 0 Å². The molecule has 2 N–H and O–H groups in total. The molecule has 23 heavy (non-hydrogen) atoms. The van der Waals surface area contributed by atoms with Gasteiger partial charge in [-0.3, -0.25) is 14.9 Å². The largest absolute Gasteiger partial charge is 0.371 e. The van der Waals surface area contributed by atoms with E-state index < -0.39 is 4.92 Å². The molecule has 120 valence electrons. The predicted molar refractivity (Wildman–Crippen MR) is 93.7 cm³/mol. The lowest BCUT2D eigenvalue weighted by Crippen LogP contribution is -2.22. The van der Waals surface area contributed by atoms with Gasteiger partial charge in [-0.2, -0.15) is 0 Å². The number of carbonyl (C=O) groups excluding carboxylic acids is 1. The number of nitro benzene ring substituents is 1.